The Labute approximate surface area is 107 Å². The molecule has 1 aromatic heterocycles. The summed E-state index contributed by atoms with van der Waals surface area (Å²) in [4.78, 5) is 0. The highest BCUT2D eigenvalue weighted by atomic mass is 32.1. The molecule has 0 spiro atoms. The molecule has 1 N–H and O–H groups in total. The maximum atomic E-state index is 5.77. The first-order valence-electron chi connectivity index (χ1n) is 6.28. The van der Waals surface area contributed by atoms with Gasteiger partial charge in [-0.25, -0.2) is 0 Å². The van der Waals surface area contributed by atoms with Crippen LogP contribution in [-0.2, 0) is 16.9 Å². The van der Waals surface area contributed by atoms with E-state index >= 15 is 0 Å². The standard InChI is InChI=1S/C12H21N3OS/c1-9(2)7-13-8-10-14-15-11(17-10)12(3)5-4-6-16-12/h9,13H,4-8H2,1-3H3. The largest absolute Gasteiger partial charge is 0.368 e. The number of aromatic nitrogens is 2. The van der Waals surface area contributed by atoms with E-state index in [2.05, 4.69) is 36.3 Å². The first-order valence-corrected chi connectivity index (χ1v) is 7.09. The van der Waals surface area contributed by atoms with Crippen molar-refractivity contribution in [2.75, 3.05) is 13.2 Å². The monoisotopic (exact) mass is 255 g/mol. The minimum Gasteiger partial charge on any atom is -0.368 e. The van der Waals surface area contributed by atoms with Gasteiger partial charge in [0.25, 0.3) is 0 Å². The molecular formula is C12H21N3OS. The van der Waals surface area contributed by atoms with Crippen molar-refractivity contribution < 1.29 is 4.74 Å². The molecule has 1 aliphatic rings. The van der Waals surface area contributed by atoms with Gasteiger partial charge in [0.1, 0.15) is 15.6 Å². The van der Waals surface area contributed by atoms with E-state index in [1.54, 1.807) is 11.3 Å². The Hall–Kier alpha value is -0.520. The van der Waals surface area contributed by atoms with Gasteiger partial charge in [-0.05, 0) is 32.2 Å². The molecule has 0 amide bonds. The minimum atomic E-state index is -0.187. The summed E-state index contributed by atoms with van der Waals surface area (Å²) in [6.07, 6.45) is 2.18. The van der Waals surface area contributed by atoms with Crippen molar-refractivity contribution in [3.8, 4) is 0 Å². The first-order chi connectivity index (χ1) is 8.10. The van der Waals surface area contributed by atoms with Crippen molar-refractivity contribution in [1.82, 2.24) is 15.5 Å². The molecule has 5 heteroatoms. The van der Waals surface area contributed by atoms with Crippen LogP contribution in [0.15, 0.2) is 0 Å². The molecule has 4 nitrogen and oxygen atoms in total. The third kappa shape index (κ3) is 3.24. The molecule has 1 unspecified atom stereocenters. The van der Waals surface area contributed by atoms with Crippen molar-refractivity contribution in [2.24, 2.45) is 5.92 Å². The van der Waals surface area contributed by atoms with E-state index in [0.717, 1.165) is 42.6 Å². The van der Waals surface area contributed by atoms with Crippen LogP contribution in [0.1, 0.15) is 43.6 Å². The van der Waals surface area contributed by atoms with Crippen LogP contribution in [0.2, 0.25) is 0 Å². The number of nitrogens with one attached hydrogen (secondary N) is 1. The van der Waals surface area contributed by atoms with Crippen molar-refractivity contribution in [1.29, 1.82) is 0 Å². The molecule has 96 valence electrons. The van der Waals surface area contributed by atoms with Gasteiger partial charge in [-0.15, -0.1) is 10.2 Å². The highest BCUT2D eigenvalue weighted by Gasteiger charge is 2.35. The van der Waals surface area contributed by atoms with Gasteiger partial charge < -0.3 is 10.1 Å². The zero-order chi connectivity index (χ0) is 12.3. The van der Waals surface area contributed by atoms with Crippen molar-refractivity contribution in [2.45, 2.75) is 45.8 Å². The Kier molecular flexibility index (Phi) is 4.12. The van der Waals surface area contributed by atoms with Crippen molar-refractivity contribution in [3.05, 3.63) is 10.0 Å². The average Bonchev–Trinajstić information content (AvgIpc) is 2.87. The Morgan fingerprint density at radius 3 is 2.94 bits per heavy atom. The summed E-state index contributed by atoms with van der Waals surface area (Å²) in [7, 11) is 0. The van der Waals surface area contributed by atoms with E-state index in [4.69, 9.17) is 4.74 Å². The number of ether oxygens (including phenoxy) is 1. The predicted octanol–water partition coefficient (Wildman–Crippen LogP) is 2.31. The summed E-state index contributed by atoms with van der Waals surface area (Å²) in [5.74, 6) is 0.665. The van der Waals surface area contributed by atoms with E-state index in [1.165, 1.54) is 0 Å². The summed E-state index contributed by atoms with van der Waals surface area (Å²) in [6.45, 7) is 9.19. The van der Waals surface area contributed by atoms with Gasteiger partial charge in [0.05, 0.1) is 0 Å². The molecule has 1 aliphatic heterocycles. The number of rotatable bonds is 5. The van der Waals surface area contributed by atoms with Gasteiger partial charge in [-0.1, -0.05) is 25.2 Å². The SMILES string of the molecule is CC(C)CNCc1nnc(C2(C)CCCO2)s1. The fourth-order valence-corrected chi connectivity index (χ4v) is 2.89. The summed E-state index contributed by atoms with van der Waals surface area (Å²) < 4.78 is 5.77. The van der Waals surface area contributed by atoms with Crippen LogP contribution in [0.25, 0.3) is 0 Å². The number of hydrogen-bond donors (Lipinski definition) is 1. The first kappa shape index (κ1) is 12.9. The van der Waals surface area contributed by atoms with E-state index in [0.29, 0.717) is 5.92 Å². The lowest BCUT2D eigenvalue weighted by atomic mass is 10.0. The molecule has 2 heterocycles. The molecule has 0 aliphatic carbocycles. The van der Waals surface area contributed by atoms with Gasteiger partial charge in [0, 0.05) is 13.2 Å². The fourth-order valence-electron chi connectivity index (χ4n) is 1.95. The lowest BCUT2D eigenvalue weighted by molar-refractivity contribution is 0.0161. The van der Waals surface area contributed by atoms with Crippen LogP contribution in [0.4, 0.5) is 0 Å². The van der Waals surface area contributed by atoms with Gasteiger partial charge in [0.2, 0.25) is 0 Å². The zero-order valence-electron chi connectivity index (χ0n) is 10.8. The van der Waals surface area contributed by atoms with Crippen molar-refractivity contribution in [3.63, 3.8) is 0 Å². The predicted molar refractivity (Wildman–Crippen MR) is 69.0 cm³/mol. The fraction of sp³-hybridized carbons (Fsp3) is 0.833. The number of nitrogens with zero attached hydrogens (tertiary/aromatic N) is 2. The Morgan fingerprint density at radius 1 is 1.47 bits per heavy atom. The topological polar surface area (TPSA) is 47.0 Å². The maximum absolute atomic E-state index is 5.77. The summed E-state index contributed by atoms with van der Waals surface area (Å²) in [5.41, 5.74) is -0.187. The highest BCUT2D eigenvalue weighted by Crippen LogP contribution is 2.36. The average molecular weight is 255 g/mol. The second-order valence-corrected chi connectivity index (χ2v) is 6.27. The van der Waals surface area contributed by atoms with Gasteiger partial charge >= 0.3 is 0 Å². The van der Waals surface area contributed by atoms with E-state index in [-0.39, 0.29) is 5.60 Å². The molecular weight excluding hydrogens is 234 g/mol. The van der Waals surface area contributed by atoms with E-state index < -0.39 is 0 Å². The van der Waals surface area contributed by atoms with E-state index in [1.807, 2.05) is 0 Å². The molecule has 17 heavy (non-hydrogen) atoms. The Morgan fingerprint density at radius 2 is 2.29 bits per heavy atom. The lowest BCUT2D eigenvalue weighted by Crippen LogP contribution is -2.19. The molecule has 1 atom stereocenters. The van der Waals surface area contributed by atoms with Crippen LogP contribution >= 0.6 is 11.3 Å². The normalized spacial score (nSPS) is 24.7. The summed E-state index contributed by atoms with van der Waals surface area (Å²) in [5, 5.41) is 14.0. The quantitative estimate of drug-likeness (QED) is 0.877. The van der Waals surface area contributed by atoms with E-state index in [9.17, 15) is 0 Å². The van der Waals surface area contributed by atoms with Crippen molar-refractivity contribution >= 4 is 11.3 Å². The van der Waals surface area contributed by atoms with Crippen LogP contribution in [-0.4, -0.2) is 23.3 Å². The molecule has 0 bridgehead atoms. The second-order valence-electron chi connectivity index (χ2n) is 5.21. The molecule has 0 aromatic carbocycles. The molecule has 1 fully saturated rings. The lowest BCUT2D eigenvalue weighted by Gasteiger charge is -2.18. The van der Waals surface area contributed by atoms with Gasteiger partial charge in [-0.3, -0.25) is 0 Å². The molecule has 0 saturated carbocycles. The molecule has 2 rings (SSSR count). The molecule has 0 radical (unpaired) electrons. The zero-order valence-corrected chi connectivity index (χ0v) is 11.6. The van der Waals surface area contributed by atoms with Gasteiger partial charge in [-0.2, -0.15) is 0 Å². The Bertz CT molecular complexity index is 358. The van der Waals surface area contributed by atoms with Crippen LogP contribution < -0.4 is 5.32 Å². The van der Waals surface area contributed by atoms with Crippen LogP contribution in [0.5, 0.6) is 0 Å². The van der Waals surface area contributed by atoms with Gasteiger partial charge in [0.15, 0.2) is 0 Å². The smallest absolute Gasteiger partial charge is 0.149 e. The third-order valence-corrected chi connectivity index (χ3v) is 4.14. The van der Waals surface area contributed by atoms with Crippen LogP contribution in [0, 0.1) is 5.92 Å². The highest BCUT2D eigenvalue weighted by molar-refractivity contribution is 7.11. The summed E-state index contributed by atoms with van der Waals surface area (Å²) >= 11 is 1.67. The minimum absolute atomic E-state index is 0.187. The molecule has 1 saturated heterocycles. The maximum Gasteiger partial charge on any atom is 0.149 e. The second kappa shape index (κ2) is 5.42. The van der Waals surface area contributed by atoms with Crippen LogP contribution in [0.3, 0.4) is 0 Å². The Balaban J connectivity index is 1.91. The third-order valence-electron chi connectivity index (χ3n) is 2.97. The summed E-state index contributed by atoms with van der Waals surface area (Å²) in [6, 6.07) is 0. The number of hydrogen-bond acceptors (Lipinski definition) is 5. The molecule has 1 aromatic rings.